The Morgan fingerprint density at radius 1 is 1.25 bits per heavy atom. The molecule has 0 radical (unpaired) electrons. The molecule has 1 aliphatic heterocycles. The molecule has 0 bridgehead atoms. The first kappa shape index (κ1) is 18.3. The number of rotatable bonds is 4. The lowest BCUT2D eigenvalue weighted by Crippen LogP contribution is -2.51. The molecule has 0 saturated carbocycles. The Hall–Kier alpha value is -2.07. The highest BCUT2D eigenvalue weighted by atomic mass is 32.2. The zero-order chi connectivity index (χ0) is 18.1. The van der Waals surface area contributed by atoms with E-state index in [1.54, 1.807) is 6.92 Å². The highest BCUT2D eigenvalue weighted by Gasteiger charge is 2.33. The number of sulfone groups is 1. The second kappa shape index (κ2) is 6.81. The topological polar surface area (TPSA) is 101 Å². The van der Waals surface area contributed by atoms with Gasteiger partial charge in [-0.3, -0.25) is 4.79 Å². The van der Waals surface area contributed by atoms with Crippen molar-refractivity contribution in [1.29, 1.82) is 0 Å². The van der Waals surface area contributed by atoms with E-state index in [9.17, 15) is 26.8 Å². The normalized spacial score (nSPS) is 21.8. The first-order valence-corrected chi connectivity index (χ1v) is 8.47. The molecule has 1 aromatic rings. The summed E-state index contributed by atoms with van der Waals surface area (Å²) >= 11 is 0. The molecule has 1 saturated heterocycles. The van der Waals surface area contributed by atoms with Crippen LogP contribution < -0.4 is 0 Å². The van der Waals surface area contributed by atoms with E-state index in [2.05, 4.69) is 0 Å². The van der Waals surface area contributed by atoms with Crippen LogP contribution in [0.15, 0.2) is 29.2 Å². The number of nitrogens with zero attached hydrogens (tertiary/aromatic N) is 1. The third-order valence-electron chi connectivity index (χ3n) is 3.49. The van der Waals surface area contributed by atoms with E-state index < -0.39 is 44.6 Å². The van der Waals surface area contributed by atoms with E-state index in [0.717, 1.165) is 24.3 Å². The van der Waals surface area contributed by atoms with Gasteiger partial charge >= 0.3 is 11.7 Å². The average Bonchev–Trinajstić information content (AvgIpc) is 2.53. The molecule has 7 nitrogen and oxygen atoms in total. The van der Waals surface area contributed by atoms with Crippen molar-refractivity contribution in [3.63, 3.8) is 0 Å². The fourth-order valence-electron chi connectivity index (χ4n) is 2.33. The lowest BCUT2D eigenvalue weighted by Gasteiger charge is -2.35. The van der Waals surface area contributed by atoms with Crippen LogP contribution in [0.3, 0.4) is 0 Å². The molecule has 1 fully saturated rings. The highest BCUT2D eigenvalue weighted by Crippen LogP contribution is 2.20. The molecule has 2 rings (SSSR count). The summed E-state index contributed by atoms with van der Waals surface area (Å²) in [7, 11) is -4.73. The number of hydrogen-bond acceptors (Lipinski definition) is 5. The molecule has 24 heavy (non-hydrogen) atoms. The lowest BCUT2D eigenvalue weighted by molar-refractivity contribution is -0.160. The minimum Gasteiger partial charge on any atom is -0.479 e. The number of carbonyl (C=O) groups is 2. The van der Waals surface area contributed by atoms with Crippen LogP contribution in [0, 0.1) is 0 Å². The maximum atomic E-state index is 12.5. The number of carbonyl (C=O) groups excluding carboxylic acids is 1. The SMILES string of the molecule is C[C@@H]1CN(C(=O)c2ccc(S(=O)(=O)C(F)F)cc2)CC(C(=O)O)O1. The first-order valence-electron chi connectivity index (χ1n) is 6.92. The molecule has 0 aliphatic carbocycles. The molecule has 10 heteroatoms. The zero-order valence-electron chi connectivity index (χ0n) is 12.6. The number of carboxylic acids is 1. The van der Waals surface area contributed by atoms with Gasteiger partial charge < -0.3 is 14.7 Å². The van der Waals surface area contributed by atoms with E-state index in [-0.39, 0.29) is 18.7 Å². The van der Waals surface area contributed by atoms with Crippen molar-refractivity contribution in [2.75, 3.05) is 13.1 Å². The van der Waals surface area contributed by atoms with Crippen LogP contribution in [0.25, 0.3) is 0 Å². The van der Waals surface area contributed by atoms with Gasteiger partial charge in [0.1, 0.15) is 0 Å². The molecule has 1 heterocycles. The molecular weight excluding hydrogens is 348 g/mol. The standard InChI is InChI=1S/C14H15F2NO6S/c1-8-6-17(7-11(23-8)13(19)20)12(18)9-2-4-10(5-3-9)24(21,22)14(15)16/h2-5,8,11,14H,6-7H2,1H3,(H,19,20)/t8-,11?/m1/s1. The second-order valence-electron chi connectivity index (χ2n) is 5.31. The number of amides is 1. The van der Waals surface area contributed by atoms with E-state index in [1.807, 2.05) is 0 Å². The molecule has 1 aromatic carbocycles. The number of carboxylic acid groups (broad SMARTS) is 1. The second-order valence-corrected chi connectivity index (χ2v) is 7.23. The van der Waals surface area contributed by atoms with Gasteiger partial charge in [-0.2, -0.15) is 8.78 Å². The van der Waals surface area contributed by atoms with Crippen molar-refractivity contribution in [2.24, 2.45) is 0 Å². The largest absolute Gasteiger partial charge is 0.479 e. The summed E-state index contributed by atoms with van der Waals surface area (Å²) in [4.78, 5) is 24.1. The Labute approximate surface area is 136 Å². The predicted octanol–water partition coefficient (Wildman–Crippen LogP) is 0.997. The van der Waals surface area contributed by atoms with Crippen molar-refractivity contribution < 1.29 is 36.6 Å². The summed E-state index contributed by atoms with van der Waals surface area (Å²) in [6.45, 7) is 1.63. The molecular formula is C14H15F2NO6S. The Morgan fingerprint density at radius 2 is 1.83 bits per heavy atom. The van der Waals surface area contributed by atoms with E-state index >= 15 is 0 Å². The summed E-state index contributed by atoms with van der Waals surface area (Å²) in [6, 6.07) is 4.08. The number of ether oxygens (including phenoxy) is 1. The van der Waals surface area contributed by atoms with Gasteiger partial charge in [-0.05, 0) is 31.2 Å². The number of alkyl halides is 2. The van der Waals surface area contributed by atoms with Crippen molar-refractivity contribution >= 4 is 21.7 Å². The maximum absolute atomic E-state index is 12.5. The van der Waals surface area contributed by atoms with Crippen molar-refractivity contribution in [3.05, 3.63) is 29.8 Å². The maximum Gasteiger partial charge on any atom is 0.341 e. The number of morpholine rings is 1. The molecule has 1 N–H and O–H groups in total. The van der Waals surface area contributed by atoms with Crippen LogP contribution in [-0.2, 0) is 19.4 Å². The van der Waals surface area contributed by atoms with Gasteiger partial charge in [0.2, 0.25) is 9.84 Å². The number of halogens is 2. The van der Waals surface area contributed by atoms with Gasteiger partial charge in [0, 0.05) is 12.1 Å². The molecule has 0 spiro atoms. The van der Waals surface area contributed by atoms with Gasteiger partial charge in [0.25, 0.3) is 5.91 Å². The number of benzene rings is 1. The zero-order valence-corrected chi connectivity index (χ0v) is 13.4. The molecule has 1 amide bonds. The van der Waals surface area contributed by atoms with Gasteiger partial charge in [-0.1, -0.05) is 0 Å². The van der Waals surface area contributed by atoms with Crippen LogP contribution in [0.2, 0.25) is 0 Å². The quantitative estimate of drug-likeness (QED) is 0.856. The Morgan fingerprint density at radius 3 is 2.33 bits per heavy atom. The molecule has 1 unspecified atom stereocenters. The summed E-state index contributed by atoms with van der Waals surface area (Å²) in [5.74, 6) is -5.27. The summed E-state index contributed by atoms with van der Waals surface area (Å²) in [5, 5.41) is 9.00. The van der Waals surface area contributed by atoms with E-state index in [0.29, 0.717) is 0 Å². The van der Waals surface area contributed by atoms with Gasteiger partial charge in [0.15, 0.2) is 6.10 Å². The smallest absolute Gasteiger partial charge is 0.341 e. The molecule has 132 valence electrons. The summed E-state index contributed by atoms with van der Waals surface area (Å²) in [5.41, 5.74) is 0.0708. The monoisotopic (exact) mass is 363 g/mol. The first-order chi connectivity index (χ1) is 11.1. The Bertz CT molecular complexity index is 734. The van der Waals surface area contributed by atoms with E-state index in [1.165, 1.54) is 4.90 Å². The minimum atomic E-state index is -4.73. The molecule has 0 aromatic heterocycles. The van der Waals surface area contributed by atoms with Crippen molar-refractivity contribution in [2.45, 2.75) is 29.8 Å². The summed E-state index contributed by atoms with van der Waals surface area (Å²) < 4.78 is 52.8. The summed E-state index contributed by atoms with van der Waals surface area (Å²) in [6.07, 6.45) is -1.64. The van der Waals surface area contributed by atoms with Crippen LogP contribution >= 0.6 is 0 Å². The van der Waals surface area contributed by atoms with Crippen molar-refractivity contribution in [3.8, 4) is 0 Å². The average molecular weight is 363 g/mol. The van der Waals surface area contributed by atoms with Gasteiger partial charge in [0.05, 0.1) is 17.5 Å². The Kier molecular flexibility index (Phi) is 5.19. The van der Waals surface area contributed by atoms with Crippen LogP contribution in [-0.4, -0.2) is 61.4 Å². The van der Waals surface area contributed by atoms with Gasteiger partial charge in [-0.25, -0.2) is 13.2 Å². The number of hydrogen-bond donors (Lipinski definition) is 1. The van der Waals surface area contributed by atoms with E-state index in [4.69, 9.17) is 9.84 Å². The molecule has 2 atom stereocenters. The van der Waals surface area contributed by atoms with Gasteiger partial charge in [-0.15, -0.1) is 0 Å². The lowest BCUT2D eigenvalue weighted by atomic mass is 10.1. The Balaban J connectivity index is 2.20. The number of aliphatic carboxylic acids is 1. The molecule has 1 aliphatic rings. The van der Waals surface area contributed by atoms with Crippen LogP contribution in [0.1, 0.15) is 17.3 Å². The minimum absolute atomic E-state index is 0.0708. The fraction of sp³-hybridized carbons (Fsp3) is 0.429. The fourth-order valence-corrected chi connectivity index (χ4v) is 3.05. The third kappa shape index (κ3) is 3.70. The van der Waals surface area contributed by atoms with Crippen LogP contribution in [0.4, 0.5) is 8.78 Å². The third-order valence-corrected chi connectivity index (χ3v) is 4.89. The van der Waals surface area contributed by atoms with Crippen LogP contribution in [0.5, 0.6) is 0 Å². The predicted molar refractivity (Wildman–Crippen MR) is 77.5 cm³/mol. The van der Waals surface area contributed by atoms with Crippen molar-refractivity contribution in [1.82, 2.24) is 4.90 Å². The highest BCUT2D eigenvalue weighted by molar-refractivity contribution is 7.91.